The number of allylic oxidation sites excluding steroid dienone is 2. The number of carbonyl (C=O) groups is 2. The van der Waals surface area contributed by atoms with Crippen LogP contribution in [0.25, 0.3) is 5.57 Å². The standard InChI is InChI=1S/C23H23NO7/c1-4-31-23(26)22-18(15-6-5-7-17(10-15)24(27)28)11-16(12-19(22)25)14-8-9-20(29-2)21(13-14)30-3/h5-10,12-13,18,22H,4,11H2,1-3H3/t18-,22-/m0/s1. The molecule has 0 radical (unpaired) electrons. The topological polar surface area (TPSA) is 105 Å². The van der Waals surface area contributed by atoms with Crippen LogP contribution in [-0.4, -0.2) is 37.5 Å². The predicted molar refractivity (Wildman–Crippen MR) is 113 cm³/mol. The smallest absolute Gasteiger partial charge is 0.317 e. The van der Waals surface area contributed by atoms with E-state index >= 15 is 0 Å². The van der Waals surface area contributed by atoms with Crippen LogP contribution in [0, 0.1) is 16.0 Å². The van der Waals surface area contributed by atoms with Crippen LogP contribution in [-0.2, 0) is 14.3 Å². The molecule has 0 saturated heterocycles. The van der Waals surface area contributed by atoms with E-state index in [1.54, 1.807) is 37.3 Å². The lowest BCUT2D eigenvalue weighted by Crippen LogP contribution is -2.34. The van der Waals surface area contributed by atoms with Gasteiger partial charge in [-0.3, -0.25) is 19.7 Å². The lowest BCUT2D eigenvalue weighted by Gasteiger charge is -2.29. The number of ketones is 1. The Morgan fingerprint density at radius 2 is 1.87 bits per heavy atom. The predicted octanol–water partition coefficient (Wildman–Crippen LogP) is 3.93. The largest absolute Gasteiger partial charge is 0.493 e. The Hall–Kier alpha value is -3.68. The van der Waals surface area contributed by atoms with E-state index < -0.39 is 28.5 Å². The van der Waals surface area contributed by atoms with Crippen molar-refractivity contribution in [2.24, 2.45) is 5.92 Å². The number of carbonyl (C=O) groups excluding carboxylic acids is 2. The van der Waals surface area contributed by atoms with Crippen molar-refractivity contribution >= 4 is 23.0 Å². The number of non-ortho nitro benzene ring substituents is 1. The van der Waals surface area contributed by atoms with E-state index in [2.05, 4.69) is 0 Å². The van der Waals surface area contributed by atoms with Gasteiger partial charge in [-0.05, 0) is 48.3 Å². The molecule has 0 heterocycles. The van der Waals surface area contributed by atoms with Crippen molar-refractivity contribution in [2.45, 2.75) is 19.3 Å². The van der Waals surface area contributed by atoms with Crippen molar-refractivity contribution in [3.8, 4) is 11.5 Å². The summed E-state index contributed by atoms with van der Waals surface area (Å²) in [7, 11) is 3.05. The Morgan fingerprint density at radius 3 is 2.52 bits per heavy atom. The molecule has 0 unspecified atom stereocenters. The summed E-state index contributed by atoms with van der Waals surface area (Å²) in [6.07, 6.45) is 1.77. The second-order valence-corrected chi connectivity index (χ2v) is 7.03. The van der Waals surface area contributed by atoms with Crippen molar-refractivity contribution in [1.29, 1.82) is 0 Å². The number of methoxy groups -OCH3 is 2. The number of rotatable bonds is 7. The summed E-state index contributed by atoms with van der Waals surface area (Å²) in [5.74, 6) is -1.63. The quantitative estimate of drug-likeness (QED) is 0.286. The molecule has 31 heavy (non-hydrogen) atoms. The maximum absolute atomic E-state index is 13.0. The van der Waals surface area contributed by atoms with E-state index in [0.29, 0.717) is 29.1 Å². The van der Waals surface area contributed by atoms with Crippen molar-refractivity contribution in [3.05, 3.63) is 69.8 Å². The first-order valence-corrected chi connectivity index (χ1v) is 9.77. The maximum Gasteiger partial charge on any atom is 0.317 e. The number of nitro benzene ring substituents is 1. The molecule has 0 bridgehead atoms. The van der Waals surface area contributed by atoms with Crippen LogP contribution in [0.5, 0.6) is 11.5 Å². The van der Waals surface area contributed by atoms with Gasteiger partial charge in [0.25, 0.3) is 5.69 Å². The second-order valence-electron chi connectivity index (χ2n) is 7.03. The van der Waals surface area contributed by atoms with Gasteiger partial charge in [-0.15, -0.1) is 0 Å². The minimum atomic E-state index is -1.06. The van der Waals surface area contributed by atoms with Gasteiger partial charge in [0.2, 0.25) is 0 Å². The molecule has 0 aromatic heterocycles. The van der Waals surface area contributed by atoms with Gasteiger partial charge in [-0.1, -0.05) is 18.2 Å². The second kappa shape index (κ2) is 9.42. The Morgan fingerprint density at radius 1 is 1.13 bits per heavy atom. The lowest BCUT2D eigenvalue weighted by atomic mass is 9.73. The van der Waals surface area contributed by atoms with Gasteiger partial charge >= 0.3 is 5.97 Å². The monoisotopic (exact) mass is 425 g/mol. The summed E-state index contributed by atoms with van der Waals surface area (Å²) < 4.78 is 15.7. The van der Waals surface area contributed by atoms with Gasteiger partial charge in [0, 0.05) is 18.1 Å². The summed E-state index contributed by atoms with van der Waals surface area (Å²) in [6.45, 7) is 1.80. The fourth-order valence-corrected chi connectivity index (χ4v) is 3.80. The number of esters is 1. The SMILES string of the molecule is CCOC(=O)[C@@H]1C(=O)C=C(c2ccc(OC)c(OC)c2)C[C@H]1c1cccc([N+](=O)[O-])c1. The highest BCUT2D eigenvalue weighted by molar-refractivity contribution is 6.10. The van der Waals surface area contributed by atoms with Crippen molar-refractivity contribution < 1.29 is 28.7 Å². The Bertz CT molecular complexity index is 1040. The van der Waals surface area contributed by atoms with E-state index in [0.717, 1.165) is 5.56 Å². The molecule has 1 aliphatic rings. The summed E-state index contributed by atoms with van der Waals surface area (Å²) >= 11 is 0. The molecule has 8 heteroatoms. The molecule has 3 rings (SSSR count). The van der Waals surface area contributed by atoms with Gasteiger partial charge in [0.1, 0.15) is 5.92 Å². The highest BCUT2D eigenvalue weighted by atomic mass is 16.6. The van der Waals surface area contributed by atoms with Crippen LogP contribution in [0.2, 0.25) is 0 Å². The Labute approximate surface area is 179 Å². The molecule has 0 N–H and O–H groups in total. The van der Waals surface area contributed by atoms with Crippen LogP contribution in [0.15, 0.2) is 48.5 Å². The zero-order chi connectivity index (χ0) is 22.5. The third-order valence-corrected chi connectivity index (χ3v) is 5.27. The van der Waals surface area contributed by atoms with Crippen molar-refractivity contribution in [3.63, 3.8) is 0 Å². The molecule has 2 atom stereocenters. The molecule has 2 aromatic rings. The first-order valence-electron chi connectivity index (χ1n) is 9.77. The summed E-state index contributed by atoms with van der Waals surface area (Å²) in [4.78, 5) is 36.3. The molecule has 0 saturated carbocycles. The molecule has 1 aliphatic carbocycles. The third-order valence-electron chi connectivity index (χ3n) is 5.27. The van der Waals surface area contributed by atoms with Gasteiger partial charge in [-0.2, -0.15) is 0 Å². The van der Waals surface area contributed by atoms with Gasteiger partial charge in [0.15, 0.2) is 17.3 Å². The van der Waals surface area contributed by atoms with Crippen molar-refractivity contribution in [2.75, 3.05) is 20.8 Å². The lowest BCUT2D eigenvalue weighted by molar-refractivity contribution is -0.384. The maximum atomic E-state index is 13.0. The van der Waals surface area contributed by atoms with Crippen LogP contribution < -0.4 is 9.47 Å². The van der Waals surface area contributed by atoms with Crippen LogP contribution in [0.1, 0.15) is 30.4 Å². The summed E-state index contributed by atoms with van der Waals surface area (Å²) in [5, 5.41) is 11.2. The van der Waals surface area contributed by atoms with E-state index in [1.807, 2.05) is 0 Å². The number of benzene rings is 2. The molecule has 0 aliphatic heterocycles. The zero-order valence-corrected chi connectivity index (χ0v) is 17.5. The van der Waals surface area contributed by atoms with E-state index in [4.69, 9.17) is 14.2 Å². The minimum Gasteiger partial charge on any atom is -0.493 e. The normalized spacial score (nSPS) is 18.2. The van der Waals surface area contributed by atoms with Gasteiger partial charge in [-0.25, -0.2) is 0 Å². The van der Waals surface area contributed by atoms with Gasteiger partial charge < -0.3 is 14.2 Å². The summed E-state index contributed by atoms with van der Waals surface area (Å²) in [5.41, 5.74) is 1.87. The highest BCUT2D eigenvalue weighted by Gasteiger charge is 2.40. The average Bonchev–Trinajstić information content (AvgIpc) is 2.78. The van der Waals surface area contributed by atoms with Crippen LogP contribution in [0.3, 0.4) is 0 Å². The molecular weight excluding hydrogens is 402 g/mol. The molecule has 0 spiro atoms. The molecule has 8 nitrogen and oxygen atoms in total. The number of nitrogens with zero attached hydrogens (tertiary/aromatic N) is 1. The van der Waals surface area contributed by atoms with Gasteiger partial charge in [0.05, 0.1) is 25.7 Å². The Kier molecular flexibility index (Phi) is 6.69. The van der Waals surface area contributed by atoms with Crippen LogP contribution in [0.4, 0.5) is 5.69 Å². The van der Waals surface area contributed by atoms with Crippen molar-refractivity contribution in [1.82, 2.24) is 0 Å². The molecule has 0 fully saturated rings. The fourth-order valence-electron chi connectivity index (χ4n) is 3.80. The van der Waals surface area contributed by atoms with E-state index in [-0.39, 0.29) is 12.3 Å². The third kappa shape index (κ3) is 4.58. The Balaban J connectivity index is 2.07. The average molecular weight is 425 g/mol. The molecule has 2 aromatic carbocycles. The van der Waals surface area contributed by atoms with Crippen LogP contribution >= 0.6 is 0 Å². The summed E-state index contributed by atoms with van der Waals surface area (Å²) in [6, 6.07) is 11.3. The first-order chi connectivity index (χ1) is 14.9. The van der Waals surface area contributed by atoms with E-state index in [9.17, 15) is 19.7 Å². The number of hydrogen-bond acceptors (Lipinski definition) is 7. The number of nitro groups is 1. The zero-order valence-electron chi connectivity index (χ0n) is 17.5. The fraction of sp³-hybridized carbons (Fsp3) is 0.304. The molecular formula is C23H23NO7. The van der Waals surface area contributed by atoms with E-state index in [1.165, 1.54) is 32.4 Å². The number of hydrogen-bond donors (Lipinski definition) is 0. The molecule has 162 valence electrons. The number of ether oxygens (including phenoxy) is 3. The minimum absolute atomic E-state index is 0.102. The highest BCUT2D eigenvalue weighted by Crippen LogP contribution is 2.42. The molecule has 0 amide bonds. The first kappa shape index (κ1) is 22.0.